The Morgan fingerprint density at radius 1 is 0.967 bits per heavy atom. The van der Waals surface area contributed by atoms with Gasteiger partial charge in [-0.1, -0.05) is 18.2 Å². The van der Waals surface area contributed by atoms with E-state index < -0.39 is 0 Å². The first kappa shape index (κ1) is 18.7. The molecule has 5 rings (SSSR count). The van der Waals surface area contributed by atoms with E-state index in [-0.39, 0.29) is 36.7 Å². The Bertz CT molecular complexity index is 1040. The summed E-state index contributed by atoms with van der Waals surface area (Å²) in [7, 11) is 0. The van der Waals surface area contributed by atoms with Crippen LogP contribution in [0.1, 0.15) is 49.1 Å². The second kappa shape index (κ2) is 7.52. The minimum absolute atomic E-state index is 0.0442. The Kier molecular flexibility index (Phi) is 4.69. The van der Waals surface area contributed by atoms with E-state index in [1.165, 1.54) is 0 Å². The van der Waals surface area contributed by atoms with Crippen LogP contribution in [-0.2, 0) is 9.59 Å². The van der Waals surface area contributed by atoms with E-state index >= 15 is 0 Å². The molecule has 154 valence electrons. The third-order valence-corrected chi connectivity index (χ3v) is 6.00. The topological polar surface area (TPSA) is 73.9 Å². The Balaban J connectivity index is 1.45. The normalized spacial score (nSPS) is 22.6. The number of hydrogen-bond donors (Lipinski definition) is 1. The molecule has 0 bridgehead atoms. The predicted molar refractivity (Wildman–Crippen MR) is 110 cm³/mol. The smallest absolute Gasteiger partial charge is 0.231 e. The molecule has 30 heavy (non-hydrogen) atoms. The van der Waals surface area contributed by atoms with Crippen LogP contribution in [0.15, 0.2) is 53.7 Å². The van der Waals surface area contributed by atoms with Gasteiger partial charge < -0.3 is 19.5 Å². The zero-order valence-corrected chi connectivity index (χ0v) is 16.8. The minimum atomic E-state index is -0.253. The lowest BCUT2D eigenvalue weighted by atomic mass is 9.73. The summed E-state index contributed by atoms with van der Waals surface area (Å²) in [4.78, 5) is 25.7. The van der Waals surface area contributed by atoms with E-state index in [0.29, 0.717) is 30.9 Å². The van der Waals surface area contributed by atoms with Crippen LogP contribution in [0.5, 0.6) is 17.2 Å². The number of rotatable bonds is 4. The number of ether oxygens (including phenoxy) is 3. The van der Waals surface area contributed by atoms with E-state index in [1.54, 1.807) is 0 Å². The maximum Gasteiger partial charge on any atom is 0.231 e. The zero-order chi connectivity index (χ0) is 20.7. The van der Waals surface area contributed by atoms with Gasteiger partial charge in [-0.15, -0.1) is 0 Å². The van der Waals surface area contributed by atoms with Crippen LogP contribution < -0.4 is 19.5 Å². The van der Waals surface area contributed by atoms with Gasteiger partial charge in [0, 0.05) is 30.0 Å². The molecule has 6 nitrogen and oxygen atoms in total. The summed E-state index contributed by atoms with van der Waals surface area (Å²) >= 11 is 0. The zero-order valence-electron chi connectivity index (χ0n) is 16.8. The summed E-state index contributed by atoms with van der Waals surface area (Å²) in [6, 6.07) is 13.5. The quantitative estimate of drug-likeness (QED) is 0.837. The minimum Gasteiger partial charge on any atom is -0.494 e. The van der Waals surface area contributed by atoms with E-state index in [9.17, 15) is 9.59 Å². The summed E-state index contributed by atoms with van der Waals surface area (Å²) in [5.41, 5.74) is 3.48. The summed E-state index contributed by atoms with van der Waals surface area (Å²) in [6.07, 6.45) is 1.34. The summed E-state index contributed by atoms with van der Waals surface area (Å²) in [5.74, 6) is 2.00. The molecule has 1 aliphatic carbocycles. The fourth-order valence-electron chi connectivity index (χ4n) is 4.61. The molecule has 0 radical (unpaired) electrons. The van der Waals surface area contributed by atoms with Gasteiger partial charge in [-0.05, 0) is 54.7 Å². The second-order valence-electron chi connectivity index (χ2n) is 7.84. The number of nitrogens with one attached hydrogen (secondary N) is 1. The van der Waals surface area contributed by atoms with Crippen LogP contribution in [0.3, 0.4) is 0 Å². The number of hydrogen-bond acceptors (Lipinski definition) is 5. The molecule has 3 aliphatic rings. The average Bonchev–Trinajstić information content (AvgIpc) is 3.21. The molecule has 0 aromatic heterocycles. The molecule has 2 aromatic rings. The van der Waals surface area contributed by atoms with Gasteiger partial charge in [0.15, 0.2) is 17.3 Å². The third-order valence-electron chi connectivity index (χ3n) is 6.00. The first-order valence-electron chi connectivity index (χ1n) is 10.3. The fraction of sp³-hybridized carbons (Fsp3) is 0.333. The second-order valence-corrected chi connectivity index (χ2v) is 7.84. The highest BCUT2D eigenvalue weighted by Crippen LogP contribution is 2.44. The Morgan fingerprint density at radius 2 is 1.73 bits per heavy atom. The van der Waals surface area contributed by atoms with Crippen molar-refractivity contribution in [3.63, 3.8) is 0 Å². The van der Waals surface area contributed by atoms with Crippen molar-refractivity contribution in [2.45, 2.75) is 38.0 Å². The maximum absolute atomic E-state index is 13.2. The van der Waals surface area contributed by atoms with Crippen molar-refractivity contribution in [1.29, 1.82) is 0 Å². The van der Waals surface area contributed by atoms with Gasteiger partial charge in [0.2, 0.25) is 12.7 Å². The Morgan fingerprint density at radius 3 is 2.53 bits per heavy atom. The van der Waals surface area contributed by atoms with Gasteiger partial charge in [-0.3, -0.25) is 9.59 Å². The van der Waals surface area contributed by atoms with Gasteiger partial charge in [0.05, 0.1) is 6.61 Å². The summed E-state index contributed by atoms with van der Waals surface area (Å²) in [6.45, 7) is 2.76. The molecule has 1 amide bonds. The lowest BCUT2D eigenvalue weighted by Crippen LogP contribution is -2.38. The lowest BCUT2D eigenvalue weighted by molar-refractivity contribution is -0.122. The van der Waals surface area contributed by atoms with Crippen molar-refractivity contribution in [3.8, 4) is 17.2 Å². The summed E-state index contributed by atoms with van der Waals surface area (Å²) in [5, 5.41) is 2.97. The number of ketones is 1. The molecule has 2 aromatic carbocycles. The monoisotopic (exact) mass is 405 g/mol. The SMILES string of the molecule is CCOc1ccc([C@@H]2CC(=O)C3=C(C2)NC(=O)C[C@H]3c2ccc3c(c2)OCO3)cc1. The molecular weight excluding hydrogens is 382 g/mol. The molecule has 2 heterocycles. The number of allylic oxidation sites excluding steroid dienone is 2. The van der Waals surface area contributed by atoms with Crippen molar-refractivity contribution in [2.24, 2.45) is 0 Å². The highest BCUT2D eigenvalue weighted by atomic mass is 16.7. The standard InChI is InChI=1S/C24H23NO5/c1-2-28-17-6-3-14(4-7-17)16-9-19-24(20(26)10-16)18(12-23(27)25-19)15-5-8-21-22(11-15)30-13-29-21/h3-8,11,16,18H,2,9-10,12-13H2,1H3,(H,25,27)/t16-,18-/m0/s1. The van der Waals surface area contributed by atoms with Crippen LogP contribution in [0.4, 0.5) is 0 Å². The fourth-order valence-corrected chi connectivity index (χ4v) is 4.61. The predicted octanol–water partition coefficient (Wildman–Crippen LogP) is 3.82. The molecule has 2 aliphatic heterocycles. The molecule has 0 saturated carbocycles. The van der Waals surface area contributed by atoms with Crippen molar-refractivity contribution in [1.82, 2.24) is 5.32 Å². The van der Waals surface area contributed by atoms with Gasteiger partial charge in [0.25, 0.3) is 0 Å². The van der Waals surface area contributed by atoms with E-state index in [4.69, 9.17) is 14.2 Å². The maximum atomic E-state index is 13.2. The van der Waals surface area contributed by atoms with E-state index in [2.05, 4.69) is 5.32 Å². The van der Waals surface area contributed by atoms with Gasteiger partial charge in [-0.2, -0.15) is 0 Å². The molecular formula is C24H23NO5. The molecule has 2 atom stereocenters. The number of amides is 1. The molecule has 0 spiro atoms. The van der Waals surface area contributed by atoms with Crippen molar-refractivity contribution >= 4 is 11.7 Å². The van der Waals surface area contributed by atoms with Crippen LogP contribution >= 0.6 is 0 Å². The molecule has 0 fully saturated rings. The average molecular weight is 405 g/mol. The number of benzene rings is 2. The number of carbonyl (C=O) groups excluding carboxylic acids is 2. The molecule has 1 N–H and O–H groups in total. The van der Waals surface area contributed by atoms with Gasteiger partial charge in [0.1, 0.15) is 5.75 Å². The Hall–Kier alpha value is -3.28. The van der Waals surface area contributed by atoms with Crippen LogP contribution in [0, 0.1) is 0 Å². The number of fused-ring (bicyclic) bond motifs is 1. The highest BCUT2D eigenvalue weighted by molar-refractivity contribution is 6.02. The van der Waals surface area contributed by atoms with Crippen molar-refractivity contribution < 1.29 is 23.8 Å². The van der Waals surface area contributed by atoms with Crippen molar-refractivity contribution in [2.75, 3.05) is 13.4 Å². The van der Waals surface area contributed by atoms with Crippen molar-refractivity contribution in [3.05, 3.63) is 64.9 Å². The lowest BCUT2D eigenvalue weighted by Gasteiger charge is -2.34. The first-order chi connectivity index (χ1) is 14.6. The van der Waals surface area contributed by atoms with E-state index in [1.807, 2.05) is 49.4 Å². The summed E-state index contributed by atoms with van der Waals surface area (Å²) < 4.78 is 16.4. The Labute approximate surface area is 174 Å². The molecule has 0 saturated heterocycles. The van der Waals surface area contributed by atoms with Gasteiger partial charge >= 0.3 is 0 Å². The van der Waals surface area contributed by atoms with Crippen LogP contribution in [-0.4, -0.2) is 25.1 Å². The first-order valence-corrected chi connectivity index (χ1v) is 10.3. The van der Waals surface area contributed by atoms with Gasteiger partial charge in [-0.25, -0.2) is 0 Å². The highest BCUT2D eigenvalue weighted by Gasteiger charge is 2.38. The van der Waals surface area contributed by atoms with Crippen LogP contribution in [0.25, 0.3) is 0 Å². The van der Waals surface area contributed by atoms with Crippen LogP contribution in [0.2, 0.25) is 0 Å². The number of carbonyl (C=O) groups is 2. The van der Waals surface area contributed by atoms with E-state index in [0.717, 1.165) is 28.1 Å². The molecule has 6 heteroatoms. The third kappa shape index (κ3) is 3.32. The largest absolute Gasteiger partial charge is 0.494 e. The molecule has 0 unspecified atom stereocenters. The number of Topliss-reactive ketones (excluding diaryl/α,β-unsaturated/α-hetero) is 1.